The Bertz CT molecular complexity index is 1010. The quantitative estimate of drug-likeness (QED) is 0.222. The molecule has 5 aliphatic rings. The summed E-state index contributed by atoms with van der Waals surface area (Å²) in [6.07, 6.45) is 9.35. The van der Waals surface area contributed by atoms with Crippen molar-refractivity contribution in [2.24, 2.45) is 62.6 Å². The van der Waals surface area contributed by atoms with E-state index in [1.807, 2.05) is 14.1 Å². The third-order valence-electron chi connectivity index (χ3n) is 14.3. The standard InChI is InChI=1S/C34H57NO5/c1-21(2)22-12-17-34(28(37)40-29(38)39-20-35(8)9)19-18-32(6)23(27(22)34)10-11-25-31(5)15-14-26(36)30(3,4)24(31)13-16-33(25,32)7/h21-27,36H,10-20H2,1-9H3/t22-,23+,24-,25+,26-,27+,31-,32+,33+,34-/m0/s1. The van der Waals surface area contributed by atoms with Crippen molar-refractivity contribution in [2.75, 3.05) is 20.8 Å². The molecule has 0 amide bonds. The van der Waals surface area contributed by atoms with Crippen LogP contribution in [0.2, 0.25) is 0 Å². The molecule has 6 nitrogen and oxygen atoms in total. The zero-order valence-corrected chi connectivity index (χ0v) is 26.8. The van der Waals surface area contributed by atoms with Gasteiger partial charge >= 0.3 is 12.1 Å². The molecule has 0 unspecified atom stereocenters. The Labute approximate surface area is 243 Å². The van der Waals surface area contributed by atoms with Crippen LogP contribution in [0.4, 0.5) is 4.79 Å². The molecule has 0 heterocycles. The summed E-state index contributed by atoms with van der Waals surface area (Å²) in [5, 5.41) is 11.0. The predicted octanol–water partition coefficient (Wildman–Crippen LogP) is 7.28. The van der Waals surface area contributed by atoms with Gasteiger partial charge in [-0.05, 0) is 135 Å². The summed E-state index contributed by atoms with van der Waals surface area (Å²) in [4.78, 5) is 28.2. The molecule has 0 aromatic carbocycles. The van der Waals surface area contributed by atoms with Gasteiger partial charge in [-0.1, -0.05) is 48.5 Å². The molecule has 5 aliphatic carbocycles. The van der Waals surface area contributed by atoms with Crippen molar-refractivity contribution in [2.45, 2.75) is 119 Å². The van der Waals surface area contributed by atoms with Crippen molar-refractivity contribution in [3.63, 3.8) is 0 Å². The highest BCUT2D eigenvalue weighted by Crippen LogP contribution is 2.77. The average molecular weight is 560 g/mol. The van der Waals surface area contributed by atoms with Gasteiger partial charge in [-0.25, -0.2) is 4.79 Å². The number of fused-ring (bicyclic) bond motifs is 7. The first-order chi connectivity index (χ1) is 18.5. The summed E-state index contributed by atoms with van der Waals surface area (Å²) in [6, 6.07) is 0. The summed E-state index contributed by atoms with van der Waals surface area (Å²) in [7, 11) is 3.63. The van der Waals surface area contributed by atoms with Gasteiger partial charge in [-0.2, -0.15) is 0 Å². The van der Waals surface area contributed by atoms with Crippen LogP contribution in [-0.2, 0) is 14.3 Å². The Balaban J connectivity index is 1.48. The van der Waals surface area contributed by atoms with E-state index >= 15 is 0 Å². The predicted molar refractivity (Wildman–Crippen MR) is 156 cm³/mol. The Morgan fingerprint density at radius 3 is 2.20 bits per heavy atom. The smallest absolute Gasteiger partial charge is 0.418 e. The topological polar surface area (TPSA) is 76.1 Å². The van der Waals surface area contributed by atoms with E-state index in [1.54, 1.807) is 4.90 Å². The number of hydrogen-bond acceptors (Lipinski definition) is 6. The summed E-state index contributed by atoms with van der Waals surface area (Å²) in [5.41, 5.74) is -0.0588. The molecule has 0 aromatic heterocycles. The van der Waals surface area contributed by atoms with E-state index in [-0.39, 0.29) is 46.4 Å². The highest BCUT2D eigenvalue weighted by Gasteiger charge is 2.72. The summed E-state index contributed by atoms with van der Waals surface area (Å²) >= 11 is 0. The Morgan fingerprint density at radius 1 is 0.850 bits per heavy atom. The number of aliphatic hydroxyl groups excluding tert-OH is 1. The van der Waals surface area contributed by atoms with Crippen LogP contribution < -0.4 is 0 Å². The number of carbonyl (C=O) groups excluding carboxylic acids is 2. The number of hydrogen-bond donors (Lipinski definition) is 1. The lowest BCUT2D eigenvalue weighted by Crippen LogP contribution is -2.67. The highest BCUT2D eigenvalue weighted by atomic mass is 16.7. The summed E-state index contributed by atoms with van der Waals surface area (Å²) in [5.74, 6) is 2.48. The van der Waals surface area contributed by atoms with Crippen LogP contribution >= 0.6 is 0 Å². The van der Waals surface area contributed by atoms with Gasteiger partial charge in [0.2, 0.25) is 0 Å². The fourth-order valence-corrected chi connectivity index (χ4v) is 12.1. The monoisotopic (exact) mass is 559 g/mol. The first kappa shape index (κ1) is 30.3. The molecular weight excluding hydrogens is 502 g/mol. The van der Waals surface area contributed by atoms with Crippen molar-refractivity contribution >= 4 is 12.1 Å². The fourth-order valence-electron chi connectivity index (χ4n) is 12.1. The molecule has 1 N–H and O–H groups in total. The molecule has 5 rings (SSSR count). The second-order valence-electron chi connectivity index (χ2n) is 16.7. The molecule has 10 atom stereocenters. The van der Waals surface area contributed by atoms with Crippen molar-refractivity contribution in [1.29, 1.82) is 0 Å². The van der Waals surface area contributed by atoms with Crippen molar-refractivity contribution in [3.05, 3.63) is 0 Å². The van der Waals surface area contributed by atoms with Gasteiger partial charge in [-0.15, -0.1) is 0 Å². The van der Waals surface area contributed by atoms with Gasteiger partial charge in [0.05, 0.1) is 11.5 Å². The number of carbonyl (C=O) groups is 2. The highest BCUT2D eigenvalue weighted by molar-refractivity contribution is 5.87. The average Bonchev–Trinajstić information content (AvgIpc) is 3.27. The van der Waals surface area contributed by atoms with Gasteiger partial charge in [-0.3, -0.25) is 9.69 Å². The molecule has 0 saturated heterocycles. The Morgan fingerprint density at radius 2 is 1.55 bits per heavy atom. The second-order valence-corrected chi connectivity index (χ2v) is 16.7. The Hall–Kier alpha value is -1.14. The number of nitrogens with zero attached hydrogens (tertiary/aromatic N) is 1. The summed E-state index contributed by atoms with van der Waals surface area (Å²) < 4.78 is 10.7. The molecular formula is C34H57NO5. The Kier molecular flexibility index (Phi) is 7.55. The zero-order chi connectivity index (χ0) is 29.5. The number of esters is 1. The lowest BCUT2D eigenvalue weighted by molar-refractivity contribution is -0.249. The fraction of sp³-hybridized carbons (Fsp3) is 0.941. The minimum absolute atomic E-state index is 0.0487. The maximum absolute atomic E-state index is 13.9. The van der Waals surface area contributed by atoms with E-state index in [0.29, 0.717) is 29.6 Å². The molecule has 228 valence electrons. The molecule has 0 aromatic rings. The third-order valence-corrected chi connectivity index (χ3v) is 14.3. The first-order valence-electron chi connectivity index (χ1n) is 16.3. The minimum Gasteiger partial charge on any atom is -0.418 e. The van der Waals surface area contributed by atoms with Crippen molar-refractivity contribution in [3.8, 4) is 0 Å². The molecule has 5 saturated carbocycles. The van der Waals surface area contributed by atoms with Gasteiger partial charge in [0, 0.05) is 0 Å². The normalized spacial score (nSPS) is 47.6. The van der Waals surface area contributed by atoms with E-state index in [2.05, 4.69) is 48.5 Å². The zero-order valence-electron chi connectivity index (χ0n) is 26.8. The lowest BCUT2D eigenvalue weighted by Gasteiger charge is -2.72. The van der Waals surface area contributed by atoms with E-state index in [4.69, 9.17) is 9.47 Å². The number of ether oxygens (including phenoxy) is 2. The van der Waals surface area contributed by atoms with E-state index in [0.717, 1.165) is 44.9 Å². The van der Waals surface area contributed by atoms with E-state index < -0.39 is 11.6 Å². The van der Waals surface area contributed by atoms with Gasteiger partial charge in [0.1, 0.15) is 6.73 Å². The third kappa shape index (κ3) is 4.15. The minimum atomic E-state index is -0.864. The van der Waals surface area contributed by atoms with Crippen LogP contribution in [0.3, 0.4) is 0 Å². The van der Waals surface area contributed by atoms with Crippen LogP contribution in [0.5, 0.6) is 0 Å². The molecule has 0 aliphatic heterocycles. The largest absolute Gasteiger partial charge is 0.517 e. The van der Waals surface area contributed by atoms with Crippen molar-refractivity contribution in [1.82, 2.24) is 4.90 Å². The van der Waals surface area contributed by atoms with Gasteiger partial charge in [0.25, 0.3) is 0 Å². The SMILES string of the molecule is CC(C)[C@@H]1CC[C@]2(C(=O)OC(=O)OCN(C)C)CC[C@]3(C)[C@H](CC[C@@H]4[C@@]5(C)CC[C@H](O)C(C)(C)[C@@H]5CC[C@]43C)[C@@H]12. The van der Waals surface area contributed by atoms with Crippen LogP contribution in [0, 0.1) is 62.6 Å². The molecule has 0 spiro atoms. The van der Waals surface area contributed by atoms with Crippen LogP contribution in [0.15, 0.2) is 0 Å². The first-order valence-corrected chi connectivity index (χ1v) is 16.3. The number of aliphatic hydroxyl groups is 1. The molecule has 0 radical (unpaired) electrons. The van der Waals surface area contributed by atoms with Gasteiger partial charge < -0.3 is 14.6 Å². The van der Waals surface area contributed by atoms with E-state index in [9.17, 15) is 14.7 Å². The number of rotatable bonds is 4. The molecule has 40 heavy (non-hydrogen) atoms. The maximum Gasteiger partial charge on any atom is 0.517 e. The molecule has 6 heteroatoms. The maximum atomic E-state index is 13.9. The second kappa shape index (κ2) is 9.96. The van der Waals surface area contributed by atoms with Crippen LogP contribution in [-0.4, -0.2) is 49.1 Å². The van der Waals surface area contributed by atoms with Crippen molar-refractivity contribution < 1.29 is 24.2 Å². The summed E-state index contributed by atoms with van der Waals surface area (Å²) in [6.45, 7) is 17.1. The van der Waals surface area contributed by atoms with Crippen LogP contribution in [0.25, 0.3) is 0 Å². The van der Waals surface area contributed by atoms with E-state index in [1.165, 1.54) is 19.3 Å². The molecule has 0 bridgehead atoms. The molecule has 5 fully saturated rings. The van der Waals surface area contributed by atoms with Gasteiger partial charge in [0.15, 0.2) is 0 Å². The lowest BCUT2D eigenvalue weighted by atomic mass is 9.32. The van der Waals surface area contributed by atoms with Crippen LogP contribution in [0.1, 0.15) is 113 Å².